The molecule has 0 radical (unpaired) electrons. The molecule has 9 heteroatoms. The van der Waals surface area contributed by atoms with E-state index in [0.29, 0.717) is 23.0 Å². The Morgan fingerprint density at radius 1 is 1.22 bits per heavy atom. The van der Waals surface area contributed by atoms with Crippen molar-refractivity contribution in [2.45, 2.75) is 10.6 Å². The third-order valence-electron chi connectivity index (χ3n) is 2.91. The monoisotopic (exact) mass is 392 g/mol. The zero-order chi connectivity index (χ0) is 16.9. The third-order valence-corrected chi connectivity index (χ3v) is 6.30. The van der Waals surface area contributed by atoms with Crippen LogP contribution in [0.25, 0.3) is 0 Å². The Labute approximate surface area is 148 Å². The van der Waals surface area contributed by atoms with E-state index in [-0.39, 0.29) is 10.8 Å². The van der Waals surface area contributed by atoms with Crippen molar-refractivity contribution in [1.29, 1.82) is 0 Å². The molecule has 0 aliphatic rings. The van der Waals surface area contributed by atoms with Crippen molar-refractivity contribution in [2.24, 2.45) is 0 Å². The first-order valence-corrected chi connectivity index (χ1v) is 9.74. The van der Waals surface area contributed by atoms with Gasteiger partial charge in [0.1, 0.15) is 4.21 Å². The van der Waals surface area contributed by atoms with Crippen molar-refractivity contribution in [3.8, 4) is 0 Å². The first-order chi connectivity index (χ1) is 10.9. The van der Waals surface area contributed by atoms with Gasteiger partial charge in [0.2, 0.25) is 5.91 Å². The lowest BCUT2D eigenvalue weighted by Gasteiger charge is -2.08. The molecule has 0 atom stereocenters. The van der Waals surface area contributed by atoms with E-state index in [9.17, 15) is 13.2 Å². The standard InChI is InChI=1S/C14H14Cl2N2O3S2/c15-11-4-3-10(12(16)8-11)5-6-17-13(19)9-18-23(20,21)14-2-1-7-22-14/h1-4,7-8,18H,5-6,9H2,(H,17,19). The number of thiophene rings is 1. The molecule has 0 saturated carbocycles. The summed E-state index contributed by atoms with van der Waals surface area (Å²) in [5.41, 5.74) is 0.857. The summed E-state index contributed by atoms with van der Waals surface area (Å²) >= 11 is 12.9. The normalized spacial score (nSPS) is 11.4. The molecule has 0 aliphatic heterocycles. The Hall–Kier alpha value is -1.12. The third kappa shape index (κ3) is 5.47. The average molecular weight is 393 g/mol. The van der Waals surface area contributed by atoms with Gasteiger partial charge in [0.15, 0.2) is 0 Å². The first-order valence-electron chi connectivity index (χ1n) is 6.62. The van der Waals surface area contributed by atoms with Crippen LogP contribution in [0, 0.1) is 0 Å². The molecule has 1 aromatic heterocycles. The summed E-state index contributed by atoms with van der Waals surface area (Å²) in [7, 11) is -3.63. The van der Waals surface area contributed by atoms with Crippen LogP contribution in [0.5, 0.6) is 0 Å². The lowest BCUT2D eigenvalue weighted by Crippen LogP contribution is -2.37. The van der Waals surface area contributed by atoms with Gasteiger partial charge in [0, 0.05) is 16.6 Å². The number of carbonyl (C=O) groups excluding carboxylic acids is 1. The van der Waals surface area contributed by atoms with Crippen molar-refractivity contribution in [2.75, 3.05) is 13.1 Å². The van der Waals surface area contributed by atoms with Gasteiger partial charge in [-0.05, 0) is 35.6 Å². The van der Waals surface area contributed by atoms with Crippen LogP contribution < -0.4 is 10.0 Å². The minimum absolute atomic E-state index is 0.179. The van der Waals surface area contributed by atoms with Gasteiger partial charge in [0.25, 0.3) is 10.0 Å². The topological polar surface area (TPSA) is 75.3 Å². The van der Waals surface area contributed by atoms with Gasteiger partial charge in [-0.1, -0.05) is 35.3 Å². The highest BCUT2D eigenvalue weighted by atomic mass is 35.5. The summed E-state index contributed by atoms with van der Waals surface area (Å²) in [6, 6.07) is 8.26. The number of halogens is 2. The van der Waals surface area contributed by atoms with Gasteiger partial charge in [0.05, 0.1) is 6.54 Å². The van der Waals surface area contributed by atoms with Crippen LogP contribution in [0.4, 0.5) is 0 Å². The minimum atomic E-state index is -3.63. The molecule has 2 N–H and O–H groups in total. The predicted molar refractivity (Wildman–Crippen MR) is 92.7 cm³/mol. The predicted octanol–water partition coefficient (Wildman–Crippen LogP) is 2.69. The van der Waals surface area contributed by atoms with Crippen LogP contribution >= 0.6 is 34.5 Å². The van der Waals surface area contributed by atoms with E-state index in [1.165, 1.54) is 6.07 Å². The minimum Gasteiger partial charge on any atom is -0.355 e. The van der Waals surface area contributed by atoms with E-state index in [1.807, 2.05) is 0 Å². The number of hydrogen-bond acceptors (Lipinski definition) is 4. The maximum Gasteiger partial charge on any atom is 0.250 e. The molecule has 1 aromatic carbocycles. The van der Waals surface area contributed by atoms with Crippen LogP contribution in [-0.4, -0.2) is 27.4 Å². The fourth-order valence-electron chi connectivity index (χ4n) is 1.77. The highest BCUT2D eigenvalue weighted by Crippen LogP contribution is 2.21. The second-order valence-electron chi connectivity index (χ2n) is 4.59. The van der Waals surface area contributed by atoms with Crippen LogP contribution in [0.3, 0.4) is 0 Å². The molecule has 0 spiro atoms. The van der Waals surface area contributed by atoms with Gasteiger partial charge in [-0.15, -0.1) is 11.3 Å². The van der Waals surface area contributed by atoms with Gasteiger partial charge in [-0.3, -0.25) is 4.79 Å². The molecule has 124 valence electrons. The fraction of sp³-hybridized carbons (Fsp3) is 0.214. The fourth-order valence-corrected chi connectivity index (χ4v) is 4.29. The van der Waals surface area contributed by atoms with Crippen molar-refractivity contribution in [3.63, 3.8) is 0 Å². The van der Waals surface area contributed by atoms with Gasteiger partial charge >= 0.3 is 0 Å². The Morgan fingerprint density at radius 3 is 2.65 bits per heavy atom. The second kappa shape index (κ2) is 8.12. The summed E-state index contributed by atoms with van der Waals surface area (Å²) in [5.74, 6) is -0.407. The molecule has 5 nitrogen and oxygen atoms in total. The van der Waals surface area contributed by atoms with Gasteiger partial charge < -0.3 is 5.32 Å². The maximum atomic E-state index is 11.9. The Morgan fingerprint density at radius 2 is 2.00 bits per heavy atom. The van der Waals surface area contributed by atoms with E-state index < -0.39 is 15.9 Å². The van der Waals surface area contributed by atoms with Crippen molar-refractivity contribution in [1.82, 2.24) is 10.0 Å². The average Bonchev–Trinajstić information content (AvgIpc) is 3.03. The summed E-state index contributed by atoms with van der Waals surface area (Å²) in [4.78, 5) is 11.7. The van der Waals surface area contributed by atoms with Crippen molar-refractivity contribution in [3.05, 3.63) is 51.3 Å². The molecule has 0 aliphatic carbocycles. The molecule has 0 unspecified atom stereocenters. The number of hydrogen-bond donors (Lipinski definition) is 2. The Bertz CT molecular complexity index is 777. The van der Waals surface area contributed by atoms with Crippen LogP contribution in [0.1, 0.15) is 5.56 Å². The summed E-state index contributed by atoms with van der Waals surface area (Å²) in [6.45, 7) is 0.0372. The van der Waals surface area contributed by atoms with Crippen molar-refractivity contribution < 1.29 is 13.2 Å². The van der Waals surface area contributed by atoms with Crippen LogP contribution in [0.15, 0.2) is 39.9 Å². The molecule has 1 amide bonds. The summed E-state index contributed by atoms with van der Waals surface area (Å²) in [6.07, 6.45) is 0.527. The zero-order valence-electron chi connectivity index (χ0n) is 11.9. The molecule has 0 fully saturated rings. The SMILES string of the molecule is O=C(CNS(=O)(=O)c1cccs1)NCCc1ccc(Cl)cc1Cl. The number of carbonyl (C=O) groups is 1. The largest absolute Gasteiger partial charge is 0.355 e. The number of nitrogens with one attached hydrogen (secondary N) is 2. The number of amides is 1. The Kier molecular flexibility index (Phi) is 6.43. The van der Waals surface area contributed by atoms with E-state index in [1.54, 1.807) is 29.6 Å². The molecule has 23 heavy (non-hydrogen) atoms. The number of sulfonamides is 1. The van der Waals surface area contributed by atoms with E-state index in [2.05, 4.69) is 10.0 Å². The highest BCUT2D eigenvalue weighted by molar-refractivity contribution is 7.91. The van der Waals surface area contributed by atoms with Crippen LogP contribution in [0.2, 0.25) is 10.0 Å². The number of benzene rings is 1. The molecule has 2 aromatic rings. The Balaban J connectivity index is 1.77. The lowest BCUT2D eigenvalue weighted by molar-refractivity contribution is -0.119. The smallest absolute Gasteiger partial charge is 0.250 e. The van der Waals surface area contributed by atoms with E-state index in [4.69, 9.17) is 23.2 Å². The molecule has 0 saturated heterocycles. The van der Waals surface area contributed by atoms with Crippen molar-refractivity contribution >= 4 is 50.5 Å². The quantitative estimate of drug-likeness (QED) is 0.760. The molecule has 2 rings (SSSR count). The van der Waals surface area contributed by atoms with Gasteiger partial charge in [-0.2, -0.15) is 0 Å². The van der Waals surface area contributed by atoms with Crippen LogP contribution in [-0.2, 0) is 21.2 Å². The summed E-state index contributed by atoms with van der Waals surface area (Å²) in [5, 5.41) is 5.37. The van der Waals surface area contributed by atoms with E-state index >= 15 is 0 Å². The highest BCUT2D eigenvalue weighted by Gasteiger charge is 2.16. The van der Waals surface area contributed by atoms with Gasteiger partial charge in [-0.25, -0.2) is 13.1 Å². The lowest BCUT2D eigenvalue weighted by atomic mass is 10.1. The molecule has 1 heterocycles. The second-order valence-corrected chi connectivity index (χ2v) is 8.38. The number of rotatable bonds is 7. The molecular weight excluding hydrogens is 379 g/mol. The zero-order valence-corrected chi connectivity index (χ0v) is 15.0. The first kappa shape index (κ1) is 18.2. The maximum absolute atomic E-state index is 11.9. The van der Waals surface area contributed by atoms with E-state index in [0.717, 1.165) is 16.9 Å². The molecular formula is C14H14Cl2N2O3S2. The summed E-state index contributed by atoms with van der Waals surface area (Å²) < 4.78 is 26.2. The molecule has 0 bridgehead atoms.